The van der Waals surface area contributed by atoms with Gasteiger partial charge in [-0.15, -0.1) is 0 Å². The lowest BCUT2D eigenvalue weighted by Gasteiger charge is -2.20. The summed E-state index contributed by atoms with van der Waals surface area (Å²) in [6.07, 6.45) is 0.874. The lowest BCUT2D eigenvalue weighted by atomic mass is 9.95. The van der Waals surface area contributed by atoms with Crippen LogP contribution in [-0.4, -0.2) is 11.7 Å². The van der Waals surface area contributed by atoms with Gasteiger partial charge in [0.25, 0.3) is 0 Å². The van der Waals surface area contributed by atoms with Crippen LogP contribution in [0.15, 0.2) is 12.1 Å². The summed E-state index contributed by atoms with van der Waals surface area (Å²) in [7, 11) is 0. The van der Waals surface area contributed by atoms with Crippen molar-refractivity contribution in [2.75, 3.05) is 6.61 Å². The van der Waals surface area contributed by atoms with Crippen molar-refractivity contribution in [1.29, 1.82) is 0 Å². The van der Waals surface area contributed by atoms with E-state index in [-0.39, 0.29) is 0 Å². The predicted molar refractivity (Wildman–Crippen MR) is 55.9 cm³/mol. The first-order chi connectivity index (χ1) is 6.48. The number of hydrogen-bond donors (Lipinski definition) is 1. The highest BCUT2D eigenvalue weighted by Gasteiger charge is 2.26. The van der Waals surface area contributed by atoms with Crippen LogP contribution in [0.25, 0.3) is 0 Å². The topological polar surface area (TPSA) is 29.5 Å². The van der Waals surface area contributed by atoms with Crippen molar-refractivity contribution >= 4 is 11.6 Å². The summed E-state index contributed by atoms with van der Waals surface area (Å²) in [5.41, 5.74) is 0.964. The smallest absolute Gasteiger partial charge is 0.128 e. The van der Waals surface area contributed by atoms with Crippen molar-refractivity contribution in [3.8, 4) is 5.75 Å². The molecule has 3 heteroatoms. The fourth-order valence-electron chi connectivity index (χ4n) is 1.72. The van der Waals surface area contributed by atoms with Gasteiger partial charge in [-0.25, -0.2) is 0 Å². The van der Waals surface area contributed by atoms with Crippen LogP contribution in [0.3, 0.4) is 0 Å². The summed E-state index contributed by atoms with van der Waals surface area (Å²) in [6, 6.07) is 3.67. The van der Waals surface area contributed by atoms with Crippen molar-refractivity contribution in [2.24, 2.45) is 0 Å². The van der Waals surface area contributed by atoms with E-state index in [0.717, 1.165) is 23.3 Å². The molecule has 76 valence electrons. The second kappa shape index (κ2) is 3.14. The van der Waals surface area contributed by atoms with E-state index in [0.29, 0.717) is 11.6 Å². The number of aliphatic hydroxyl groups is 1. The van der Waals surface area contributed by atoms with Gasteiger partial charge in [0.05, 0.1) is 12.2 Å². The van der Waals surface area contributed by atoms with Gasteiger partial charge in [-0.1, -0.05) is 11.6 Å². The standard InChI is InChI=1S/C11H13ClO2/c1-11(2,13)9-6-8(12)5-7-3-4-14-10(7)9/h5-6,13H,3-4H2,1-2H3. The van der Waals surface area contributed by atoms with Crippen LogP contribution in [0.2, 0.25) is 5.02 Å². The van der Waals surface area contributed by atoms with E-state index in [1.807, 2.05) is 6.07 Å². The van der Waals surface area contributed by atoms with Gasteiger partial charge in [-0.3, -0.25) is 0 Å². The molecule has 1 N–H and O–H groups in total. The first-order valence-corrected chi connectivity index (χ1v) is 5.04. The summed E-state index contributed by atoms with van der Waals surface area (Å²) < 4.78 is 5.49. The Morgan fingerprint density at radius 2 is 2.14 bits per heavy atom. The largest absolute Gasteiger partial charge is 0.493 e. The van der Waals surface area contributed by atoms with Gasteiger partial charge in [0.15, 0.2) is 0 Å². The van der Waals surface area contributed by atoms with Crippen LogP contribution in [0.5, 0.6) is 5.75 Å². The number of fused-ring (bicyclic) bond motifs is 1. The normalized spacial score (nSPS) is 15.1. The maximum absolute atomic E-state index is 9.94. The van der Waals surface area contributed by atoms with E-state index in [2.05, 4.69) is 0 Å². The summed E-state index contributed by atoms with van der Waals surface area (Å²) in [6.45, 7) is 4.15. The number of hydrogen-bond acceptors (Lipinski definition) is 2. The van der Waals surface area contributed by atoms with E-state index in [1.165, 1.54) is 0 Å². The fourth-order valence-corrected chi connectivity index (χ4v) is 1.96. The molecule has 0 atom stereocenters. The zero-order valence-electron chi connectivity index (χ0n) is 8.30. The third kappa shape index (κ3) is 1.60. The lowest BCUT2D eigenvalue weighted by molar-refractivity contribution is 0.0755. The number of benzene rings is 1. The Morgan fingerprint density at radius 1 is 1.43 bits per heavy atom. The van der Waals surface area contributed by atoms with E-state index in [4.69, 9.17) is 16.3 Å². The predicted octanol–water partition coefficient (Wildman–Crippen LogP) is 2.50. The molecule has 0 spiro atoms. The van der Waals surface area contributed by atoms with Gasteiger partial charge in [0, 0.05) is 17.0 Å². The Bertz CT molecular complexity index is 366. The minimum Gasteiger partial charge on any atom is -0.493 e. The van der Waals surface area contributed by atoms with Gasteiger partial charge in [0.1, 0.15) is 5.75 Å². The number of halogens is 1. The van der Waals surface area contributed by atoms with Gasteiger partial charge < -0.3 is 9.84 Å². The third-order valence-electron chi connectivity index (χ3n) is 2.41. The SMILES string of the molecule is CC(C)(O)c1cc(Cl)cc2c1OCC2. The third-order valence-corrected chi connectivity index (χ3v) is 2.63. The van der Waals surface area contributed by atoms with E-state index < -0.39 is 5.60 Å². The zero-order chi connectivity index (χ0) is 10.3. The number of rotatable bonds is 1. The van der Waals surface area contributed by atoms with Crippen molar-refractivity contribution in [2.45, 2.75) is 25.9 Å². The molecule has 0 amide bonds. The molecular formula is C11H13ClO2. The van der Waals surface area contributed by atoms with Crippen molar-refractivity contribution in [1.82, 2.24) is 0 Å². The Balaban J connectivity index is 2.60. The molecule has 2 rings (SSSR count). The van der Waals surface area contributed by atoms with Crippen molar-refractivity contribution < 1.29 is 9.84 Å². The van der Waals surface area contributed by atoms with E-state index in [1.54, 1.807) is 19.9 Å². The summed E-state index contributed by atoms with van der Waals surface area (Å²) >= 11 is 5.97. The average Bonchev–Trinajstić information content (AvgIpc) is 2.47. The van der Waals surface area contributed by atoms with Crippen LogP contribution >= 0.6 is 11.6 Å². The molecule has 1 aromatic carbocycles. The van der Waals surface area contributed by atoms with Gasteiger partial charge in [0.2, 0.25) is 0 Å². The molecule has 0 unspecified atom stereocenters. The molecule has 1 aliphatic rings. The molecule has 1 aromatic rings. The van der Waals surface area contributed by atoms with Crippen LogP contribution in [0.1, 0.15) is 25.0 Å². The molecule has 0 fully saturated rings. The van der Waals surface area contributed by atoms with Crippen LogP contribution in [0.4, 0.5) is 0 Å². The molecule has 14 heavy (non-hydrogen) atoms. The zero-order valence-corrected chi connectivity index (χ0v) is 9.06. The Kier molecular flexibility index (Phi) is 2.20. The molecule has 2 nitrogen and oxygen atoms in total. The van der Waals surface area contributed by atoms with Crippen LogP contribution in [0, 0.1) is 0 Å². The monoisotopic (exact) mass is 212 g/mol. The van der Waals surface area contributed by atoms with Crippen LogP contribution < -0.4 is 4.74 Å². The molecule has 0 radical (unpaired) electrons. The maximum atomic E-state index is 9.94. The Labute approximate surface area is 88.5 Å². The molecule has 0 saturated heterocycles. The van der Waals surface area contributed by atoms with Gasteiger partial charge >= 0.3 is 0 Å². The highest BCUT2D eigenvalue weighted by Crippen LogP contribution is 2.38. The van der Waals surface area contributed by atoms with Crippen molar-refractivity contribution in [3.63, 3.8) is 0 Å². The first-order valence-electron chi connectivity index (χ1n) is 4.66. The lowest BCUT2D eigenvalue weighted by Crippen LogP contribution is -2.16. The summed E-state index contributed by atoms with van der Waals surface area (Å²) in [5.74, 6) is 0.807. The molecule has 0 aromatic heterocycles. The maximum Gasteiger partial charge on any atom is 0.128 e. The summed E-state index contributed by atoms with van der Waals surface area (Å²) in [4.78, 5) is 0. The first kappa shape index (κ1) is 9.81. The molecular weight excluding hydrogens is 200 g/mol. The fraction of sp³-hybridized carbons (Fsp3) is 0.455. The highest BCUT2D eigenvalue weighted by atomic mass is 35.5. The van der Waals surface area contributed by atoms with E-state index >= 15 is 0 Å². The minimum atomic E-state index is -0.903. The second-order valence-corrected chi connectivity index (χ2v) is 4.54. The summed E-state index contributed by atoms with van der Waals surface area (Å²) in [5, 5.41) is 10.6. The van der Waals surface area contributed by atoms with E-state index in [9.17, 15) is 5.11 Å². The van der Waals surface area contributed by atoms with Crippen LogP contribution in [-0.2, 0) is 12.0 Å². The molecule has 0 aliphatic carbocycles. The Morgan fingerprint density at radius 3 is 2.79 bits per heavy atom. The molecule has 1 heterocycles. The Hall–Kier alpha value is -0.730. The average molecular weight is 213 g/mol. The quantitative estimate of drug-likeness (QED) is 0.775. The van der Waals surface area contributed by atoms with Gasteiger partial charge in [-0.05, 0) is 31.5 Å². The molecule has 0 bridgehead atoms. The van der Waals surface area contributed by atoms with Crippen molar-refractivity contribution in [3.05, 3.63) is 28.3 Å². The van der Waals surface area contributed by atoms with Gasteiger partial charge in [-0.2, -0.15) is 0 Å². The number of ether oxygens (including phenoxy) is 1. The minimum absolute atomic E-state index is 0.659. The molecule has 0 saturated carbocycles. The molecule has 1 aliphatic heterocycles. The second-order valence-electron chi connectivity index (χ2n) is 4.10. The highest BCUT2D eigenvalue weighted by molar-refractivity contribution is 6.30.